The molecular formula is C28H25ClN2O5S. The summed E-state index contributed by atoms with van der Waals surface area (Å²) in [5.41, 5.74) is 3.43. The molecule has 1 aliphatic rings. The van der Waals surface area contributed by atoms with Crippen molar-refractivity contribution in [3.63, 3.8) is 0 Å². The van der Waals surface area contributed by atoms with Crippen LogP contribution in [0.3, 0.4) is 0 Å². The van der Waals surface area contributed by atoms with E-state index in [0.717, 1.165) is 32.5 Å². The molecule has 0 bridgehead atoms. The summed E-state index contributed by atoms with van der Waals surface area (Å²) in [5.74, 6) is 0.226. The molecule has 1 N–H and O–H groups in total. The Labute approximate surface area is 223 Å². The van der Waals surface area contributed by atoms with Crippen molar-refractivity contribution in [2.75, 3.05) is 13.4 Å². The Balaban J connectivity index is 1.41. The lowest BCUT2D eigenvalue weighted by Gasteiger charge is -2.17. The van der Waals surface area contributed by atoms with Crippen LogP contribution in [0.25, 0.3) is 10.9 Å². The molecule has 9 heteroatoms. The van der Waals surface area contributed by atoms with Crippen LogP contribution >= 0.6 is 23.5 Å². The van der Waals surface area contributed by atoms with Gasteiger partial charge in [0.1, 0.15) is 0 Å². The molecule has 2 heterocycles. The minimum absolute atomic E-state index is 0.157. The van der Waals surface area contributed by atoms with Crippen LogP contribution in [0.2, 0.25) is 5.02 Å². The van der Waals surface area contributed by atoms with E-state index in [-0.39, 0.29) is 25.1 Å². The van der Waals surface area contributed by atoms with Gasteiger partial charge in [-0.25, -0.2) is 0 Å². The summed E-state index contributed by atoms with van der Waals surface area (Å²) in [5, 5.41) is 1.57. The Morgan fingerprint density at radius 1 is 1.08 bits per heavy atom. The molecule has 0 saturated heterocycles. The van der Waals surface area contributed by atoms with Gasteiger partial charge < -0.3 is 18.8 Å². The predicted octanol–water partition coefficient (Wildman–Crippen LogP) is 5.62. The number of aromatic nitrogens is 1. The highest BCUT2D eigenvalue weighted by molar-refractivity contribution is 7.98. The Kier molecular flexibility index (Phi) is 7.30. The summed E-state index contributed by atoms with van der Waals surface area (Å²) in [4.78, 5) is 26.3. The third-order valence-electron chi connectivity index (χ3n) is 6.13. The Morgan fingerprint density at radius 3 is 2.65 bits per heavy atom. The number of esters is 1. The van der Waals surface area contributed by atoms with Crippen LogP contribution in [0.1, 0.15) is 29.5 Å². The second kappa shape index (κ2) is 10.8. The number of halogens is 1. The maximum atomic E-state index is 13.7. The van der Waals surface area contributed by atoms with E-state index in [4.69, 9.17) is 25.8 Å². The molecule has 1 aromatic heterocycles. The fourth-order valence-electron chi connectivity index (χ4n) is 4.41. The van der Waals surface area contributed by atoms with Gasteiger partial charge in [0.25, 0.3) is 0 Å². The highest BCUT2D eigenvalue weighted by Gasteiger charge is 2.28. The fraction of sp³-hybridized carbons (Fsp3) is 0.214. The van der Waals surface area contributed by atoms with E-state index < -0.39 is 5.92 Å². The van der Waals surface area contributed by atoms with Gasteiger partial charge in [-0.2, -0.15) is 0 Å². The zero-order valence-corrected chi connectivity index (χ0v) is 21.9. The topological polar surface area (TPSA) is 78.8 Å². The minimum atomic E-state index is -0.602. The molecule has 1 atom stereocenters. The monoisotopic (exact) mass is 536 g/mol. The smallest absolute Gasteiger partial charge is 0.310 e. The van der Waals surface area contributed by atoms with Gasteiger partial charge in [0.2, 0.25) is 12.7 Å². The maximum Gasteiger partial charge on any atom is 0.310 e. The second-order valence-corrected chi connectivity index (χ2v) is 9.91. The van der Waals surface area contributed by atoms with E-state index in [1.54, 1.807) is 6.92 Å². The van der Waals surface area contributed by atoms with E-state index in [1.165, 1.54) is 11.9 Å². The van der Waals surface area contributed by atoms with Crippen LogP contribution in [0.4, 0.5) is 0 Å². The van der Waals surface area contributed by atoms with Crippen molar-refractivity contribution in [2.24, 2.45) is 7.05 Å². The number of nitrogens with zero attached hydrogens (tertiary/aromatic N) is 1. The van der Waals surface area contributed by atoms with Gasteiger partial charge in [-0.05, 0) is 72.0 Å². The first-order valence-corrected chi connectivity index (χ1v) is 13.0. The normalized spacial score (nSPS) is 12.9. The summed E-state index contributed by atoms with van der Waals surface area (Å²) in [7, 11) is 1.93. The number of hydrogen-bond acceptors (Lipinski definition) is 6. The van der Waals surface area contributed by atoms with E-state index >= 15 is 0 Å². The number of ether oxygens (including phenoxy) is 3. The molecule has 0 aliphatic carbocycles. The van der Waals surface area contributed by atoms with Crippen LogP contribution in [-0.2, 0) is 27.8 Å². The molecule has 1 amide bonds. The van der Waals surface area contributed by atoms with Gasteiger partial charge in [0, 0.05) is 34.1 Å². The maximum absolute atomic E-state index is 13.7. The summed E-state index contributed by atoms with van der Waals surface area (Å²) in [6.45, 7) is 2.29. The van der Waals surface area contributed by atoms with Crippen molar-refractivity contribution >= 4 is 46.3 Å². The molecule has 0 saturated carbocycles. The van der Waals surface area contributed by atoms with E-state index in [0.29, 0.717) is 23.1 Å². The van der Waals surface area contributed by atoms with Gasteiger partial charge >= 0.3 is 5.97 Å². The second-order valence-electron chi connectivity index (χ2n) is 8.60. The zero-order valence-electron chi connectivity index (χ0n) is 20.3. The third-order valence-corrected chi connectivity index (χ3v) is 7.18. The minimum Gasteiger partial charge on any atom is -0.466 e. The van der Waals surface area contributed by atoms with Crippen LogP contribution in [-0.4, -0.2) is 29.8 Å². The highest BCUT2D eigenvalue weighted by atomic mass is 35.5. The molecule has 1 aliphatic heterocycles. The SMILES string of the molecule is CCOC(=O)Cc1ccc(SNC(=O)C(c2ccc3c(c2)OCO3)c2cn(C)c3cc(Cl)ccc23)cc1. The Bertz CT molecular complexity index is 1470. The number of rotatable bonds is 8. The number of carbonyl (C=O) groups is 2. The molecular weight excluding hydrogens is 512 g/mol. The number of amides is 1. The highest BCUT2D eigenvalue weighted by Crippen LogP contribution is 2.39. The number of nitrogens with one attached hydrogen (secondary N) is 1. The average molecular weight is 537 g/mol. The van der Waals surface area contributed by atoms with Crippen molar-refractivity contribution < 1.29 is 23.8 Å². The van der Waals surface area contributed by atoms with Gasteiger partial charge in [0.05, 0.1) is 18.9 Å². The van der Waals surface area contributed by atoms with Crippen LogP contribution in [0.5, 0.6) is 11.5 Å². The molecule has 4 aromatic rings. The van der Waals surface area contributed by atoms with Crippen LogP contribution in [0.15, 0.2) is 71.8 Å². The molecule has 0 spiro atoms. The quantitative estimate of drug-likeness (QED) is 0.232. The van der Waals surface area contributed by atoms with Crippen LogP contribution < -0.4 is 14.2 Å². The Morgan fingerprint density at radius 2 is 1.86 bits per heavy atom. The summed E-state index contributed by atoms with van der Waals surface area (Å²) in [6.07, 6.45) is 2.17. The summed E-state index contributed by atoms with van der Waals surface area (Å²) >= 11 is 7.47. The number of benzene rings is 3. The molecule has 5 rings (SSSR count). The largest absolute Gasteiger partial charge is 0.466 e. The number of hydrogen-bond donors (Lipinski definition) is 1. The van der Waals surface area contributed by atoms with Crippen molar-refractivity contribution in [3.05, 3.63) is 88.6 Å². The van der Waals surface area contributed by atoms with Gasteiger partial charge in [-0.3, -0.25) is 14.3 Å². The molecule has 7 nitrogen and oxygen atoms in total. The van der Waals surface area contributed by atoms with Crippen molar-refractivity contribution in [1.82, 2.24) is 9.29 Å². The predicted molar refractivity (Wildman–Crippen MR) is 143 cm³/mol. The molecule has 3 aromatic carbocycles. The first-order valence-electron chi connectivity index (χ1n) is 11.8. The van der Waals surface area contributed by atoms with E-state index in [1.807, 2.05) is 78.5 Å². The molecule has 1 unspecified atom stereocenters. The van der Waals surface area contributed by atoms with Gasteiger partial charge in [-0.1, -0.05) is 35.9 Å². The van der Waals surface area contributed by atoms with Crippen molar-refractivity contribution in [2.45, 2.75) is 24.2 Å². The standard InChI is InChI=1S/C28H25ClN2O5S/c1-3-34-26(32)12-17-4-8-20(9-5-17)37-30-28(33)27(18-6-11-24-25(13-18)36-16-35-24)22-15-31(2)23-14-19(29)7-10-21(22)23/h4-11,13-15,27H,3,12,16H2,1-2H3,(H,30,33). The van der Waals surface area contributed by atoms with Gasteiger partial charge in [0.15, 0.2) is 11.5 Å². The van der Waals surface area contributed by atoms with Crippen molar-refractivity contribution in [1.29, 1.82) is 0 Å². The molecule has 190 valence electrons. The third kappa shape index (κ3) is 5.40. The Hall–Kier alpha value is -3.62. The fourth-order valence-corrected chi connectivity index (χ4v) is 5.18. The van der Waals surface area contributed by atoms with E-state index in [9.17, 15) is 9.59 Å². The lowest BCUT2D eigenvalue weighted by molar-refractivity contribution is -0.142. The first kappa shape index (κ1) is 25.0. The number of aryl methyl sites for hydroxylation is 1. The van der Waals surface area contributed by atoms with Crippen LogP contribution in [0, 0.1) is 0 Å². The summed E-state index contributed by atoms with van der Waals surface area (Å²) < 4.78 is 21.0. The average Bonchev–Trinajstić information content (AvgIpc) is 3.48. The number of fused-ring (bicyclic) bond motifs is 2. The van der Waals surface area contributed by atoms with Gasteiger partial charge in [-0.15, -0.1) is 0 Å². The molecule has 37 heavy (non-hydrogen) atoms. The van der Waals surface area contributed by atoms with E-state index in [2.05, 4.69) is 4.72 Å². The summed E-state index contributed by atoms with van der Waals surface area (Å²) in [6, 6.07) is 18.7. The first-order chi connectivity index (χ1) is 17.9. The molecule has 0 radical (unpaired) electrons. The number of carbonyl (C=O) groups excluding carboxylic acids is 2. The molecule has 0 fully saturated rings. The van der Waals surface area contributed by atoms with Crippen molar-refractivity contribution in [3.8, 4) is 11.5 Å². The zero-order chi connectivity index (χ0) is 25.9. The lowest BCUT2D eigenvalue weighted by atomic mass is 9.90. The lowest BCUT2D eigenvalue weighted by Crippen LogP contribution is -2.25.